The molecule has 1 N–H and O–H groups in total. The molecule has 0 amide bonds. The van der Waals surface area contributed by atoms with Gasteiger partial charge in [0.05, 0.1) is 5.52 Å². The Hall–Kier alpha value is -2.60. The molecule has 28 heavy (non-hydrogen) atoms. The largest absolute Gasteiger partial charge is 0.365 e. The molecular formula is C22H26F2N4. The molecule has 0 atom stereocenters. The average Bonchev–Trinajstić information content (AvgIpc) is 2.71. The summed E-state index contributed by atoms with van der Waals surface area (Å²) < 4.78 is 27.1. The van der Waals surface area contributed by atoms with E-state index in [2.05, 4.69) is 46.2 Å². The molecule has 0 unspecified atom stereocenters. The maximum Gasteiger partial charge on any atom is 0.161 e. The second-order valence-corrected chi connectivity index (χ2v) is 6.90. The Kier molecular flexibility index (Phi) is 6.87. The van der Waals surface area contributed by atoms with Crippen LogP contribution in [-0.4, -0.2) is 28.0 Å². The first-order valence-electron chi connectivity index (χ1n) is 9.74. The number of rotatable bonds is 9. The summed E-state index contributed by atoms with van der Waals surface area (Å²) in [6.07, 6.45) is 3.75. The number of fused-ring (bicyclic) bond motifs is 1. The van der Waals surface area contributed by atoms with Crippen LogP contribution in [0.15, 0.2) is 42.7 Å². The van der Waals surface area contributed by atoms with Crippen LogP contribution in [0.2, 0.25) is 0 Å². The van der Waals surface area contributed by atoms with Crippen LogP contribution in [0.3, 0.4) is 0 Å². The van der Waals surface area contributed by atoms with Gasteiger partial charge >= 0.3 is 0 Å². The van der Waals surface area contributed by atoms with Gasteiger partial charge in [-0.3, -0.25) is 4.90 Å². The van der Waals surface area contributed by atoms with E-state index < -0.39 is 11.6 Å². The molecule has 3 aromatic rings. The van der Waals surface area contributed by atoms with E-state index in [1.54, 1.807) is 0 Å². The number of nitrogens with one attached hydrogen (secondary N) is 1. The van der Waals surface area contributed by atoms with Crippen molar-refractivity contribution in [3.05, 3.63) is 65.5 Å². The second kappa shape index (κ2) is 9.55. The van der Waals surface area contributed by atoms with Crippen LogP contribution in [0.1, 0.15) is 37.8 Å². The van der Waals surface area contributed by atoms with Gasteiger partial charge in [0.25, 0.3) is 0 Å². The van der Waals surface area contributed by atoms with E-state index in [4.69, 9.17) is 0 Å². The van der Waals surface area contributed by atoms with Gasteiger partial charge in [0, 0.05) is 24.5 Å². The third-order valence-electron chi connectivity index (χ3n) is 4.81. The predicted octanol–water partition coefficient (Wildman–Crippen LogP) is 5.14. The standard InChI is InChI=1S/C22H26F2N4/c1-3-5-9-28(4-2)14-17-8-6-7-16(10-17)13-25-22-18-11-19(23)20(24)12-21(18)26-15-27-22/h6-8,10-12,15H,3-5,9,13-14H2,1-2H3,(H,25,26,27). The highest BCUT2D eigenvalue weighted by Gasteiger charge is 2.10. The lowest BCUT2D eigenvalue weighted by Gasteiger charge is -2.20. The monoisotopic (exact) mass is 384 g/mol. The molecule has 6 heteroatoms. The summed E-state index contributed by atoms with van der Waals surface area (Å²) in [6, 6.07) is 10.6. The van der Waals surface area contributed by atoms with E-state index in [0.29, 0.717) is 23.3 Å². The summed E-state index contributed by atoms with van der Waals surface area (Å²) in [7, 11) is 0. The minimum Gasteiger partial charge on any atom is -0.365 e. The van der Waals surface area contributed by atoms with Crippen molar-refractivity contribution in [3.8, 4) is 0 Å². The van der Waals surface area contributed by atoms with E-state index in [1.165, 1.54) is 24.7 Å². The number of aromatic nitrogens is 2. The van der Waals surface area contributed by atoms with Crippen LogP contribution in [0.5, 0.6) is 0 Å². The van der Waals surface area contributed by atoms with Gasteiger partial charge in [0.2, 0.25) is 0 Å². The fraction of sp³-hybridized carbons (Fsp3) is 0.364. The normalized spacial score (nSPS) is 11.3. The van der Waals surface area contributed by atoms with Crippen molar-refractivity contribution < 1.29 is 8.78 Å². The van der Waals surface area contributed by atoms with Crippen molar-refractivity contribution in [2.45, 2.75) is 39.8 Å². The Labute approximate surface area is 164 Å². The highest BCUT2D eigenvalue weighted by Crippen LogP contribution is 2.22. The van der Waals surface area contributed by atoms with E-state index in [0.717, 1.165) is 37.3 Å². The summed E-state index contributed by atoms with van der Waals surface area (Å²) in [6.45, 7) is 7.98. The Bertz CT molecular complexity index is 930. The van der Waals surface area contributed by atoms with Crippen molar-refractivity contribution in [3.63, 3.8) is 0 Å². The average molecular weight is 384 g/mol. The second-order valence-electron chi connectivity index (χ2n) is 6.90. The molecule has 0 aliphatic rings. The molecule has 4 nitrogen and oxygen atoms in total. The number of hydrogen-bond donors (Lipinski definition) is 1. The first-order valence-corrected chi connectivity index (χ1v) is 9.74. The first-order chi connectivity index (χ1) is 13.6. The minimum absolute atomic E-state index is 0.375. The van der Waals surface area contributed by atoms with Gasteiger partial charge in [-0.1, -0.05) is 44.5 Å². The van der Waals surface area contributed by atoms with E-state index in [1.807, 2.05) is 12.1 Å². The van der Waals surface area contributed by atoms with E-state index >= 15 is 0 Å². The minimum atomic E-state index is -0.909. The van der Waals surface area contributed by atoms with E-state index in [-0.39, 0.29) is 0 Å². The van der Waals surface area contributed by atoms with Crippen molar-refractivity contribution in [2.75, 3.05) is 18.4 Å². The summed E-state index contributed by atoms with van der Waals surface area (Å²) >= 11 is 0. The molecule has 0 spiro atoms. The summed E-state index contributed by atoms with van der Waals surface area (Å²) in [5.74, 6) is -1.32. The Morgan fingerprint density at radius 2 is 1.79 bits per heavy atom. The first kappa shape index (κ1) is 20.1. The zero-order chi connectivity index (χ0) is 19.9. The number of anilines is 1. The van der Waals surface area contributed by atoms with Gasteiger partial charge in [-0.25, -0.2) is 18.7 Å². The third kappa shape index (κ3) is 5.01. The highest BCUT2D eigenvalue weighted by molar-refractivity contribution is 5.88. The molecule has 1 aromatic heterocycles. The fourth-order valence-electron chi connectivity index (χ4n) is 3.20. The number of hydrogen-bond acceptors (Lipinski definition) is 4. The van der Waals surface area contributed by atoms with Crippen molar-refractivity contribution in [1.29, 1.82) is 0 Å². The van der Waals surface area contributed by atoms with Gasteiger partial charge in [-0.2, -0.15) is 0 Å². The Balaban J connectivity index is 1.71. The lowest BCUT2D eigenvalue weighted by molar-refractivity contribution is 0.275. The molecule has 0 fully saturated rings. The molecule has 0 saturated heterocycles. The number of unbranched alkanes of at least 4 members (excludes halogenated alkanes) is 1. The van der Waals surface area contributed by atoms with E-state index in [9.17, 15) is 8.78 Å². The molecule has 0 saturated carbocycles. The summed E-state index contributed by atoms with van der Waals surface area (Å²) in [4.78, 5) is 10.6. The molecular weight excluding hydrogens is 358 g/mol. The van der Waals surface area contributed by atoms with Crippen LogP contribution in [0, 0.1) is 11.6 Å². The molecule has 2 aromatic carbocycles. The van der Waals surface area contributed by atoms with Gasteiger partial charge < -0.3 is 5.32 Å². The molecule has 0 radical (unpaired) electrons. The topological polar surface area (TPSA) is 41.0 Å². The quantitative estimate of drug-likeness (QED) is 0.554. The van der Waals surface area contributed by atoms with Gasteiger partial charge in [-0.05, 0) is 36.7 Å². The maximum atomic E-state index is 13.6. The van der Waals surface area contributed by atoms with Crippen LogP contribution < -0.4 is 5.32 Å². The number of benzene rings is 2. The Morgan fingerprint density at radius 1 is 1.00 bits per heavy atom. The molecule has 1 heterocycles. The number of nitrogens with zero attached hydrogens (tertiary/aromatic N) is 3. The van der Waals surface area contributed by atoms with Gasteiger partial charge in [0.1, 0.15) is 12.1 Å². The zero-order valence-electron chi connectivity index (χ0n) is 16.4. The van der Waals surface area contributed by atoms with Crippen molar-refractivity contribution in [2.24, 2.45) is 0 Å². The molecule has 0 aliphatic heterocycles. The summed E-state index contributed by atoms with van der Waals surface area (Å²) in [5.41, 5.74) is 2.75. The molecule has 0 bridgehead atoms. The lowest BCUT2D eigenvalue weighted by Crippen LogP contribution is -2.24. The van der Waals surface area contributed by atoms with Crippen molar-refractivity contribution in [1.82, 2.24) is 14.9 Å². The van der Waals surface area contributed by atoms with Gasteiger partial charge in [-0.15, -0.1) is 0 Å². The maximum absolute atomic E-state index is 13.6. The third-order valence-corrected chi connectivity index (χ3v) is 4.81. The van der Waals surface area contributed by atoms with Crippen LogP contribution in [0.25, 0.3) is 10.9 Å². The number of halogens is 2. The lowest BCUT2D eigenvalue weighted by atomic mass is 10.1. The summed E-state index contributed by atoms with van der Waals surface area (Å²) in [5, 5.41) is 3.69. The highest BCUT2D eigenvalue weighted by atomic mass is 19.2. The Morgan fingerprint density at radius 3 is 2.57 bits per heavy atom. The van der Waals surface area contributed by atoms with Crippen molar-refractivity contribution >= 4 is 16.7 Å². The smallest absolute Gasteiger partial charge is 0.161 e. The van der Waals surface area contributed by atoms with Crippen LogP contribution in [-0.2, 0) is 13.1 Å². The zero-order valence-corrected chi connectivity index (χ0v) is 16.4. The van der Waals surface area contributed by atoms with Crippen LogP contribution >= 0.6 is 0 Å². The molecule has 148 valence electrons. The SMILES string of the molecule is CCCCN(CC)Cc1cccc(CNc2ncnc3cc(F)c(F)cc23)c1. The molecule has 3 rings (SSSR count). The van der Waals surface area contributed by atoms with Crippen LogP contribution in [0.4, 0.5) is 14.6 Å². The predicted molar refractivity (Wildman–Crippen MR) is 109 cm³/mol. The molecule has 0 aliphatic carbocycles. The fourth-order valence-corrected chi connectivity index (χ4v) is 3.20. The van der Waals surface area contributed by atoms with Gasteiger partial charge in [0.15, 0.2) is 11.6 Å².